The Bertz CT molecular complexity index is 784. The van der Waals surface area contributed by atoms with Crippen LogP contribution in [0.4, 0.5) is 0 Å². The van der Waals surface area contributed by atoms with Crippen molar-refractivity contribution in [1.82, 2.24) is 5.32 Å². The van der Waals surface area contributed by atoms with Crippen LogP contribution in [0.3, 0.4) is 0 Å². The normalized spacial score (nSPS) is 22.6. The van der Waals surface area contributed by atoms with Crippen molar-refractivity contribution >= 4 is 34.5 Å². The van der Waals surface area contributed by atoms with Crippen LogP contribution >= 0.6 is 23.7 Å². The molecule has 0 saturated heterocycles. The SMILES string of the molecule is CNC[C@@H]1C[C@]1(Oc1cccc2ccccc12)c1cccs1.Cl. The molecule has 1 fully saturated rings. The zero-order valence-corrected chi connectivity index (χ0v) is 14.6. The second-order valence-electron chi connectivity index (χ2n) is 5.90. The van der Waals surface area contributed by atoms with E-state index in [4.69, 9.17) is 4.74 Å². The minimum Gasteiger partial charge on any atom is -0.481 e. The zero-order valence-electron chi connectivity index (χ0n) is 13.0. The van der Waals surface area contributed by atoms with E-state index >= 15 is 0 Å². The van der Waals surface area contributed by atoms with E-state index in [1.165, 1.54) is 15.6 Å². The van der Waals surface area contributed by atoms with Crippen molar-refractivity contribution in [2.75, 3.05) is 13.6 Å². The van der Waals surface area contributed by atoms with Gasteiger partial charge in [-0.25, -0.2) is 0 Å². The van der Waals surface area contributed by atoms with Crippen LogP contribution in [0.5, 0.6) is 5.75 Å². The van der Waals surface area contributed by atoms with Crippen molar-refractivity contribution in [3.05, 3.63) is 64.9 Å². The van der Waals surface area contributed by atoms with Crippen LogP contribution < -0.4 is 10.1 Å². The molecular weight excluding hydrogens is 326 g/mol. The predicted molar refractivity (Wildman–Crippen MR) is 99.9 cm³/mol. The van der Waals surface area contributed by atoms with Crippen molar-refractivity contribution in [3.63, 3.8) is 0 Å². The van der Waals surface area contributed by atoms with Gasteiger partial charge in [0.15, 0.2) is 0 Å². The van der Waals surface area contributed by atoms with Crippen LogP contribution in [0, 0.1) is 5.92 Å². The molecule has 2 atom stereocenters. The number of thiophene rings is 1. The largest absolute Gasteiger partial charge is 0.481 e. The number of ether oxygens (including phenoxy) is 1. The second kappa shape index (κ2) is 6.52. The molecule has 23 heavy (non-hydrogen) atoms. The average molecular weight is 346 g/mol. The molecule has 1 aliphatic carbocycles. The van der Waals surface area contributed by atoms with E-state index in [1.807, 2.05) is 7.05 Å². The van der Waals surface area contributed by atoms with Gasteiger partial charge >= 0.3 is 0 Å². The van der Waals surface area contributed by atoms with Gasteiger partial charge in [0.05, 0.1) is 0 Å². The molecule has 1 heterocycles. The van der Waals surface area contributed by atoms with Crippen LogP contribution in [0.1, 0.15) is 11.3 Å². The average Bonchev–Trinajstić information content (AvgIpc) is 2.99. The van der Waals surface area contributed by atoms with E-state index in [0.29, 0.717) is 5.92 Å². The summed E-state index contributed by atoms with van der Waals surface area (Å²) in [5.41, 5.74) is -0.151. The maximum Gasteiger partial charge on any atom is 0.148 e. The Labute approximate surface area is 146 Å². The van der Waals surface area contributed by atoms with Gasteiger partial charge in [-0.1, -0.05) is 42.5 Å². The summed E-state index contributed by atoms with van der Waals surface area (Å²) in [4.78, 5) is 1.33. The molecular formula is C19H20ClNOS. The number of nitrogens with one attached hydrogen (secondary N) is 1. The summed E-state index contributed by atoms with van der Waals surface area (Å²) in [6, 6.07) is 19.0. The first-order chi connectivity index (χ1) is 10.8. The van der Waals surface area contributed by atoms with E-state index in [9.17, 15) is 0 Å². The molecule has 0 radical (unpaired) electrons. The van der Waals surface area contributed by atoms with E-state index in [0.717, 1.165) is 18.7 Å². The Hall–Kier alpha value is -1.55. The van der Waals surface area contributed by atoms with Crippen molar-refractivity contribution in [2.45, 2.75) is 12.0 Å². The highest BCUT2D eigenvalue weighted by atomic mass is 35.5. The second-order valence-corrected chi connectivity index (χ2v) is 6.85. The van der Waals surface area contributed by atoms with Crippen molar-refractivity contribution in [3.8, 4) is 5.75 Å². The van der Waals surface area contributed by atoms with Gasteiger partial charge in [-0.3, -0.25) is 0 Å². The van der Waals surface area contributed by atoms with Crippen LogP contribution in [0.15, 0.2) is 60.0 Å². The van der Waals surface area contributed by atoms with Gasteiger partial charge in [-0.05, 0) is 29.9 Å². The van der Waals surface area contributed by atoms with E-state index in [1.54, 1.807) is 11.3 Å². The first kappa shape index (κ1) is 16.3. The Kier molecular flexibility index (Phi) is 4.62. The van der Waals surface area contributed by atoms with Gasteiger partial charge in [-0.15, -0.1) is 23.7 Å². The fourth-order valence-corrected chi connectivity index (χ4v) is 4.22. The van der Waals surface area contributed by atoms with Gasteiger partial charge < -0.3 is 10.1 Å². The topological polar surface area (TPSA) is 21.3 Å². The van der Waals surface area contributed by atoms with Crippen LogP contribution in [-0.4, -0.2) is 13.6 Å². The fraction of sp³-hybridized carbons (Fsp3) is 0.263. The molecule has 1 saturated carbocycles. The molecule has 0 bridgehead atoms. The highest BCUT2D eigenvalue weighted by Crippen LogP contribution is 2.56. The van der Waals surface area contributed by atoms with Gasteiger partial charge in [-0.2, -0.15) is 0 Å². The molecule has 0 aliphatic heterocycles. The number of fused-ring (bicyclic) bond motifs is 1. The summed E-state index contributed by atoms with van der Waals surface area (Å²) in [5, 5.41) is 7.85. The standard InChI is InChI=1S/C19H19NOS.ClH/c1-20-13-15-12-19(15,18-10-5-11-22-18)21-17-9-4-7-14-6-2-3-8-16(14)17;/h2-11,15,20H,12-13H2,1H3;1H/t15-,19+;/m0./s1. The summed E-state index contributed by atoms with van der Waals surface area (Å²) >= 11 is 1.79. The lowest BCUT2D eigenvalue weighted by Gasteiger charge is -2.20. The first-order valence-corrected chi connectivity index (χ1v) is 8.57. The molecule has 0 amide bonds. The van der Waals surface area contributed by atoms with Gasteiger partial charge in [0.1, 0.15) is 11.4 Å². The summed E-state index contributed by atoms with van der Waals surface area (Å²) in [7, 11) is 2.01. The highest BCUT2D eigenvalue weighted by Gasteiger charge is 2.58. The molecule has 4 rings (SSSR count). The minimum atomic E-state index is -0.151. The zero-order chi connectivity index (χ0) is 15.0. The third-order valence-corrected chi connectivity index (χ3v) is 5.51. The Morgan fingerprint density at radius 3 is 2.74 bits per heavy atom. The van der Waals surface area contributed by atoms with E-state index in [-0.39, 0.29) is 18.0 Å². The Balaban J connectivity index is 0.00000156. The summed E-state index contributed by atoms with van der Waals surface area (Å²) < 4.78 is 6.61. The molecule has 120 valence electrons. The predicted octanol–water partition coefficient (Wildman–Crippen LogP) is 4.84. The number of hydrogen-bond acceptors (Lipinski definition) is 3. The Morgan fingerprint density at radius 1 is 1.13 bits per heavy atom. The van der Waals surface area contributed by atoms with E-state index < -0.39 is 0 Å². The summed E-state index contributed by atoms with van der Waals surface area (Å²) in [6.07, 6.45) is 1.08. The molecule has 1 aliphatic rings. The molecule has 2 nitrogen and oxygen atoms in total. The smallest absolute Gasteiger partial charge is 0.148 e. The van der Waals surface area contributed by atoms with Crippen LogP contribution in [-0.2, 0) is 5.60 Å². The van der Waals surface area contributed by atoms with Crippen molar-refractivity contribution in [2.24, 2.45) is 5.92 Å². The third-order valence-electron chi connectivity index (χ3n) is 4.48. The molecule has 0 unspecified atom stereocenters. The highest BCUT2D eigenvalue weighted by molar-refractivity contribution is 7.10. The van der Waals surface area contributed by atoms with Crippen molar-refractivity contribution < 1.29 is 4.74 Å². The first-order valence-electron chi connectivity index (χ1n) is 7.69. The molecule has 1 N–H and O–H groups in total. The summed E-state index contributed by atoms with van der Waals surface area (Å²) in [6.45, 7) is 0.989. The maximum absolute atomic E-state index is 6.61. The molecule has 2 aromatic carbocycles. The minimum absolute atomic E-state index is 0. The lowest BCUT2D eigenvalue weighted by atomic mass is 10.1. The van der Waals surface area contributed by atoms with Crippen LogP contribution in [0.2, 0.25) is 0 Å². The van der Waals surface area contributed by atoms with Gasteiger partial charge in [0.25, 0.3) is 0 Å². The number of halogens is 1. The van der Waals surface area contributed by atoms with Crippen LogP contribution in [0.25, 0.3) is 10.8 Å². The molecule has 3 aromatic rings. The quantitative estimate of drug-likeness (QED) is 0.714. The van der Waals surface area contributed by atoms with Gasteiger partial charge in [0, 0.05) is 29.1 Å². The number of benzene rings is 2. The van der Waals surface area contributed by atoms with Gasteiger partial charge in [0.2, 0.25) is 0 Å². The lowest BCUT2D eigenvalue weighted by Crippen LogP contribution is -2.22. The van der Waals surface area contributed by atoms with E-state index in [2.05, 4.69) is 65.3 Å². The Morgan fingerprint density at radius 2 is 1.96 bits per heavy atom. The van der Waals surface area contributed by atoms with Crippen molar-refractivity contribution in [1.29, 1.82) is 0 Å². The molecule has 4 heteroatoms. The molecule has 0 spiro atoms. The summed E-state index contributed by atoms with van der Waals surface area (Å²) in [5.74, 6) is 1.53. The maximum atomic E-state index is 6.61. The number of rotatable bonds is 5. The lowest BCUT2D eigenvalue weighted by molar-refractivity contribution is 0.167. The molecule has 1 aromatic heterocycles. The monoisotopic (exact) mass is 345 g/mol. The number of hydrogen-bond donors (Lipinski definition) is 1. The fourth-order valence-electron chi connectivity index (χ4n) is 3.27. The third kappa shape index (κ3) is 2.85.